The van der Waals surface area contributed by atoms with E-state index in [0.717, 1.165) is 10.8 Å². The van der Waals surface area contributed by atoms with Gasteiger partial charge in [-0.2, -0.15) is 0 Å². The molecule has 2 aromatic rings. The SMILES string of the molecule is OB(O)n1cc2ccccc2c1. The van der Waals surface area contributed by atoms with Crippen molar-refractivity contribution >= 4 is 18.0 Å². The molecule has 2 rings (SSSR count). The summed E-state index contributed by atoms with van der Waals surface area (Å²) in [7, 11) is -1.45. The van der Waals surface area contributed by atoms with E-state index >= 15 is 0 Å². The van der Waals surface area contributed by atoms with E-state index in [-0.39, 0.29) is 0 Å². The van der Waals surface area contributed by atoms with Crippen LogP contribution in [0.25, 0.3) is 10.8 Å². The van der Waals surface area contributed by atoms with Gasteiger partial charge in [0.1, 0.15) is 0 Å². The van der Waals surface area contributed by atoms with E-state index < -0.39 is 7.25 Å². The van der Waals surface area contributed by atoms with E-state index in [1.54, 1.807) is 12.4 Å². The van der Waals surface area contributed by atoms with Crippen molar-refractivity contribution < 1.29 is 10.0 Å². The number of nitrogens with zero attached hydrogens (tertiary/aromatic N) is 1. The predicted molar refractivity (Wildman–Crippen MR) is 47.5 cm³/mol. The second-order valence-corrected chi connectivity index (χ2v) is 2.68. The molecule has 12 heavy (non-hydrogen) atoms. The molecule has 2 N–H and O–H groups in total. The quantitative estimate of drug-likeness (QED) is 0.596. The fourth-order valence-electron chi connectivity index (χ4n) is 1.24. The highest BCUT2D eigenvalue weighted by molar-refractivity contribution is 6.39. The zero-order valence-corrected chi connectivity index (χ0v) is 6.38. The maximum absolute atomic E-state index is 8.84. The van der Waals surface area contributed by atoms with Gasteiger partial charge in [-0.05, 0) is 10.8 Å². The molecule has 1 heterocycles. The number of rotatable bonds is 1. The molecule has 0 fully saturated rings. The number of benzene rings is 1. The summed E-state index contributed by atoms with van der Waals surface area (Å²) in [6.07, 6.45) is 3.39. The van der Waals surface area contributed by atoms with Gasteiger partial charge in [-0.25, -0.2) is 0 Å². The van der Waals surface area contributed by atoms with Crippen LogP contribution in [0.4, 0.5) is 0 Å². The molecule has 0 unspecified atom stereocenters. The number of hydrogen-bond donors (Lipinski definition) is 2. The van der Waals surface area contributed by atoms with Crippen LogP contribution in [0.3, 0.4) is 0 Å². The molecule has 0 amide bonds. The lowest BCUT2D eigenvalue weighted by atomic mass is 10.1. The highest BCUT2D eigenvalue weighted by Crippen LogP contribution is 2.13. The molecular formula is C8H8BNO2. The predicted octanol–water partition coefficient (Wildman–Crippen LogP) is 0.459. The van der Waals surface area contributed by atoms with Crippen molar-refractivity contribution in [3.05, 3.63) is 36.7 Å². The third-order valence-corrected chi connectivity index (χ3v) is 1.84. The Morgan fingerprint density at radius 1 is 1.00 bits per heavy atom. The summed E-state index contributed by atoms with van der Waals surface area (Å²) in [6.45, 7) is 0. The van der Waals surface area contributed by atoms with Crippen molar-refractivity contribution in [2.24, 2.45) is 0 Å². The largest absolute Gasteiger partial charge is 0.591 e. The Kier molecular flexibility index (Phi) is 1.64. The highest BCUT2D eigenvalue weighted by atomic mass is 16.4. The van der Waals surface area contributed by atoms with Crippen LogP contribution in [-0.2, 0) is 0 Å². The van der Waals surface area contributed by atoms with Gasteiger partial charge in [0.25, 0.3) is 0 Å². The van der Waals surface area contributed by atoms with Gasteiger partial charge in [0, 0.05) is 12.4 Å². The lowest BCUT2D eigenvalue weighted by Crippen LogP contribution is -2.21. The molecule has 0 saturated heterocycles. The van der Waals surface area contributed by atoms with Crippen molar-refractivity contribution in [2.75, 3.05) is 0 Å². The summed E-state index contributed by atoms with van der Waals surface area (Å²) < 4.78 is 1.35. The first kappa shape index (κ1) is 7.40. The molecule has 0 aliphatic heterocycles. The molecule has 0 radical (unpaired) electrons. The summed E-state index contributed by atoms with van der Waals surface area (Å²) in [4.78, 5) is 0. The number of fused-ring (bicyclic) bond motifs is 1. The van der Waals surface area contributed by atoms with Gasteiger partial charge in [-0.15, -0.1) is 0 Å². The Bertz CT molecular complexity index is 364. The molecule has 0 atom stereocenters. The van der Waals surface area contributed by atoms with Crippen LogP contribution in [0.2, 0.25) is 0 Å². The van der Waals surface area contributed by atoms with Crippen molar-refractivity contribution in [3.63, 3.8) is 0 Å². The van der Waals surface area contributed by atoms with Crippen molar-refractivity contribution in [1.82, 2.24) is 4.48 Å². The Balaban J connectivity index is 2.62. The summed E-state index contributed by atoms with van der Waals surface area (Å²) in [5, 5.41) is 19.7. The third-order valence-electron chi connectivity index (χ3n) is 1.84. The van der Waals surface area contributed by atoms with Gasteiger partial charge in [-0.1, -0.05) is 24.3 Å². The summed E-state index contributed by atoms with van der Waals surface area (Å²) in [5.41, 5.74) is 0. The Hall–Kier alpha value is -1.26. The molecule has 0 aliphatic carbocycles. The van der Waals surface area contributed by atoms with Gasteiger partial charge in [0.15, 0.2) is 0 Å². The van der Waals surface area contributed by atoms with E-state index in [1.165, 1.54) is 4.48 Å². The molecule has 0 saturated carbocycles. The molecule has 1 aromatic heterocycles. The molecule has 60 valence electrons. The second-order valence-electron chi connectivity index (χ2n) is 2.68. The topological polar surface area (TPSA) is 45.4 Å². The van der Waals surface area contributed by atoms with E-state index in [9.17, 15) is 0 Å². The molecule has 4 heteroatoms. The van der Waals surface area contributed by atoms with Gasteiger partial charge < -0.3 is 14.5 Å². The average Bonchev–Trinajstić information content (AvgIpc) is 2.46. The molecular weight excluding hydrogens is 153 g/mol. The van der Waals surface area contributed by atoms with Crippen molar-refractivity contribution in [3.8, 4) is 0 Å². The zero-order valence-electron chi connectivity index (χ0n) is 6.38. The highest BCUT2D eigenvalue weighted by Gasteiger charge is 2.10. The monoisotopic (exact) mass is 161 g/mol. The second kappa shape index (κ2) is 2.66. The minimum absolute atomic E-state index is 1.01. The Morgan fingerprint density at radius 2 is 1.50 bits per heavy atom. The van der Waals surface area contributed by atoms with Crippen LogP contribution in [0.1, 0.15) is 0 Å². The van der Waals surface area contributed by atoms with Gasteiger partial charge in [0.05, 0.1) is 0 Å². The first-order valence-corrected chi connectivity index (χ1v) is 3.70. The molecule has 0 spiro atoms. The summed E-state index contributed by atoms with van der Waals surface area (Å²) >= 11 is 0. The average molecular weight is 161 g/mol. The van der Waals surface area contributed by atoms with Crippen LogP contribution in [-0.4, -0.2) is 21.8 Å². The lowest BCUT2D eigenvalue weighted by molar-refractivity contribution is 0.392. The maximum atomic E-state index is 8.84. The smallest absolute Gasteiger partial charge is 0.407 e. The number of hydrogen-bond acceptors (Lipinski definition) is 2. The summed E-state index contributed by atoms with van der Waals surface area (Å²) in [6, 6.07) is 7.68. The van der Waals surface area contributed by atoms with E-state index in [0.29, 0.717) is 0 Å². The zero-order chi connectivity index (χ0) is 8.55. The first-order chi connectivity index (χ1) is 5.77. The Labute approximate surface area is 70.0 Å². The standard InChI is InChI=1S/C8H8BNO2/c11-9(12)10-5-7-3-1-2-4-8(7)6-10/h1-6,11-12H. The van der Waals surface area contributed by atoms with E-state index in [2.05, 4.69) is 0 Å². The van der Waals surface area contributed by atoms with Crippen LogP contribution in [0, 0.1) is 0 Å². The number of aromatic nitrogens is 1. The fourth-order valence-corrected chi connectivity index (χ4v) is 1.24. The van der Waals surface area contributed by atoms with Gasteiger partial charge in [-0.3, -0.25) is 0 Å². The maximum Gasteiger partial charge on any atom is 0.591 e. The minimum atomic E-state index is -1.45. The third kappa shape index (κ3) is 1.11. The fraction of sp³-hybridized carbons (Fsp3) is 0. The van der Waals surface area contributed by atoms with Crippen LogP contribution >= 0.6 is 0 Å². The van der Waals surface area contributed by atoms with Gasteiger partial charge >= 0.3 is 7.25 Å². The van der Waals surface area contributed by atoms with E-state index in [4.69, 9.17) is 10.0 Å². The Morgan fingerprint density at radius 3 is 1.92 bits per heavy atom. The molecule has 1 aromatic carbocycles. The lowest BCUT2D eigenvalue weighted by Gasteiger charge is -1.95. The molecule has 3 nitrogen and oxygen atoms in total. The molecule has 0 aliphatic rings. The van der Waals surface area contributed by atoms with Crippen LogP contribution in [0.5, 0.6) is 0 Å². The van der Waals surface area contributed by atoms with Crippen LogP contribution < -0.4 is 0 Å². The van der Waals surface area contributed by atoms with Crippen molar-refractivity contribution in [2.45, 2.75) is 0 Å². The van der Waals surface area contributed by atoms with Crippen LogP contribution in [0.15, 0.2) is 36.7 Å². The van der Waals surface area contributed by atoms with E-state index in [1.807, 2.05) is 24.3 Å². The first-order valence-electron chi connectivity index (χ1n) is 3.70. The van der Waals surface area contributed by atoms with Crippen molar-refractivity contribution in [1.29, 1.82) is 0 Å². The summed E-state index contributed by atoms with van der Waals surface area (Å²) in [5.74, 6) is 0. The molecule has 0 bridgehead atoms. The minimum Gasteiger partial charge on any atom is -0.407 e. The van der Waals surface area contributed by atoms with Gasteiger partial charge in [0.2, 0.25) is 0 Å². The normalized spacial score (nSPS) is 10.5.